The zero-order valence-corrected chi connectivity index (χ0v) is 10.8. The first-order valence-electron chi connectivity index (χ1n) is 4.99. The number of carbonyl (C=O) groups is 1. The van der Waals surface area contributed by atoms with Gasteiger partial charge in [0.1, 0.15) is 17.1 Å². The van der Waals surface area contributed by atoms with Crippen LogP contribution >= 0.6 is 15.9 Å². The number of halogens is 3. The van der Waals surface area contributed by atoms with Crippen LogP contribution in [0.2, 0.25) is 0 Å². The standard InChI is InChI=1S/C12H6BrF2NO3/c13-6-3-9(15)11(16-5-6)19-10-2-1-7(14)4-8(10)12(17)18/h1-5H,(H,17,18). The van der Waals surface area contributed by atoms with Gasteiger partial charge in [-0.25, -0.2) is 18.6 Å². The Balaban J connectivity index is 2.40. The maximum atomic E-state index is 13.5. The van der Waals surface area contributed by atoms with Gasteiger partial charge < -0.3 is 9.84 Å². The van der Waals surface area contributed by atoms with Gasteiger partial charge in [-0.15, -0.1) is 0 Å². The molecule has 0 aliphatic heterocycles. The van der Waals surface area contributed by atoms with Crippen molar-refractivity contribution in [1.29, 1.82) is 0 Å². The molecule has 4 nitrogen and oxygen atoms in total. The largest absolute Gasteiger partial charge is 0.478 e. The van der Waals surface area contributed by atoms with E-state index in [0.717, 1.165) is 24.3 Å². The van der Waals surface area contributed by atoms with Crippen LogP contribution in [0.15, 0.2) is 34.9 Å². The number of aromatic carboxylic acids is 1. The molecule has 1 aromatic carbocycles. The van der Waals surface area contributed by atoms with Crippen molar-refractivity contribution in [3.05, 3.63) is 52.1 Å². The first-order chi connectivity index (χ1) is 8.97. The lowest BCUT2D eigenvalue weighted by atomic mass is 10.2. The van der Waals surface area contributed by atoms with Gasteiger partial charge >= 0.3 is 5.97 Å². The molecule has 0 saturated heterocycles. The molecular formula is C12H6BrF2NO3. The third kappa shape index (κ3) is 3.05. The highest BCUT2D eigenvalue weighted by Gasteiger charge is 2.15. The Bertz CT molecular complexity index is 649. The van der Waals surface area contributed by atoms with E-state index >= 15 is 0 Å². The summed E-state index contributed by atoms with van der Waals surface area (Å²) in [6, 6.07) is 4.02. The summed E-state index contributed by atoms with van der Waals surface area (Å²) in [6.07, 6.45) is 1.29. The van der Waals surface area contributed by atoms with Gasteiger partial charge in [0.25, 0.3) is 5.88 Å². The van der Waals surface area contributed by atoms with Crippen molar-refractivity contribution in [3.63, 3.8) is 0 Å². The Morgan fingerprint density at radius 1 is 1.32 bits per heavy atom. The minimum atomic E-state index is -1.38. The fourth-order valence-electron chi connectivity index (χ4n) is 1.34. The fraction of sp³-hybridized carbons (Fsp3) is 0. The van der Waals surface area contributed by atoms with Crippen LogP contribution in [-0.4, -0.2) is 16.1 Å². The summed E-state index contributed by atoms with van der Waals surface area (Å²) in [7, 11) is 0. The second-order valence-electron chi connectivity index (χ2n) is 3.49. The fourth-order valence-corrected chi connectivity index (χ4v) is 1.64. The number of ether oxygens (including phenoxy) is 1. The van der Waals surface area contributed by atoms with Crippen LogP contribution < -0.4 is 4.74 Å². The predicted octanol–water partition coefficient (Wildman–Crippen LogP) is 3.61. The van der Waals surface area contributed by atoms with E-state index in [1.165, 1.54) is 6.20 Å². The molecule has 2 rings (SSSR count). The molecule has 1 aromatic heterocycles. The van der Waals surface area contributed by atoms with Gasteiger partial charge in [-0.3, -0.25) is 0 Å². The van der Waals surface area contributed by atoms with Crippen molar-refractivity contribution < 1.29 is 23.4 Å². The molecular weight excluding hydrogens is 324 g/mol. The smallest absolute Gasteiger partial charge is 0.339 e. The first-order valence-corrected chi connectivity index (χ1v) is 5.78. The molecule has 0 unspecified atom stereocenters. The molecule has 1 N–H and O–H groups in total. The van der Waals surface area contributed by atoms with E-state index in [2.05, 4.69) is 20.9 Å². The minimum absolute atomic E-state index is 0.192. The molecule has 19 heavy (non-hydrogen) atoms. The van der Waals surface area contributed by atoms with E-state index in [1.54, 1.807) is 0 Å². The van der Waals surface area contributed by atoms with Gasteiger partial charge in [-0.1, -0.05) is 0 Å². The first kappa shape index (κ1) is 13.4. The van der Waals surface area contributed by atoms with E-state index in [1.807, 2.05) is 0 Å². The second kappa shape index (κ2) is 5.31. The Kier molecular flexibility index (Phi) is 3.75. The molecule has 0 aliphatic rings. The molecule has 0 saturated carbocycles. The average molecular weight is 330 g/mol. The van der Waals surface area contributed by atoms with Gasteiger partial charge in [-0.2, -0.15) is 0 Å². The highest BCUT2D eigenvalue weighted by atomic mass is 79.9. The van der Waals surface area contributed by atoms with Crippen LogP contribution in [0.3, 0.4) is 0 Å². The zero-order chi connectivity index (χ0) is 14.0. The van der Waals surface area contributed by atoms with Crippen molar-refractivity contribution in [2.24, 2.45) is 0 Å². The van der Waals surface area contributed by atoms with Crippen LogP contribution in [0.5, 0.6) is 11.6 Å². The van der Waals surface area contributed by atoms with Gasteiger partial charge in [0, 0.05) is 10.7 Å². The van der Waals surface area contributed by atoms with Crippen LogP contribution in [0.25, 0.3) is 0 Å². The molecule has 7 heteroatoms. The minimum Gasteiger partial charge on any atom is -0.478 e. The number of pyridine rings is 1. The molecule has 0 fully saturated rings. The lowest BCUT2D eigenvalue weighted by molar-refractivity contribution is 0.0693. The van der Waals surface area contributed by atoms with Crippen molar-refractivity contribution in [2.75, 3.05) is 0 Å². The van der Waals surface area contributed by atoms with Gasteiger partial charge in [0.05, 0.1) is 0 Å². The lowest BCUT2D eigenvalue weighted by Gasteiger charge is -2.08. The summed E-state index contributed by atoms with van der Waals surface area (Å²) >= 11 is 3.03. The molecule has 98 valence electrons. The quantitative estimate of drug-likeness (QED) is 0.934. The maximum absolute atomic E-state index is 13.5. The lowest BCUT2D eigenvalue weighted by Crippen LogP contribution is -2.02. The molecule has 0 aliphatic carbocycles. The third-order valence-corrected chi connectivity index (χ3v) is 2.59. The summed E-state index contributed by atoms with van der Waals surface area (Å²) in [6.45, 7) is 0. The van der Waals surface area contributed by atoms with Gasteiger partial charge in [-0.05, 0) is 40.2 Å². The number of hydrogen-bond donors (Lipinski definition) is 1. The van der Waals surface area contributed by atoms with Crippen molar-refractivity contribution >= 4 is 21.9 Å². The highest BCUT2D eigenvalue weighted by molar-refractivity contribution is 9.10. The number of carboxylic acid groups (broad SMARTS) is 1. The van der Waals surface area contributed by atoms with Gasteiger partial charge in [0.2, 0.25) is 0 Å². The SMILES string of the molecule is O=C(O)c1cc(F)ccc1Oc1ncc(Br)cc1F. The Hall–Kier alpha value is -2.02. The van der Waals surface area contributed by atoms with E-state index in [9.17, 15) is 13.6 Å². The Morgan fingerprint density at radius 2 is 2.05 bits per heavy atom. The monoisotopic (exact) mass is 329 g/mol. The van der Waals surface area contributed by atoms with Crippen LogP contribution in [0.1, 0.15) is 10.4 Å². The zero-order valence-electron chi connectivity index (χ0n) is 9.23. The van der Waals surface area contributed by atoms with Crippen LogP contribution in [-0.2, 0) is 0 Å². The van der Waals surface area contributed by atoms with E-state index in [-0.39, 0.29) is 5.75 Å². The molecule has 0 atom stereocenters. The van der Waals surface area contributed by atoms with Gasteiger partial charge in [0.15, 0.2) is 5.82 Å². The van der Waals surface area contributed by atoms with E-state index in [0.29, 0.717) is 4.47 Å². The van der Waals surface area contributed by atoms with Crippen molar-refractivity contribution in [3.8, 4) is 11.6 Å². The van der Waals surface area contributed by atoms with E-state index in [4.69, 9.17) is 9.84 Å². The Labute approximate surface area is 114 Å². The summed E-state index contributed by atoms with van der Waals surface area (Å²) in [5.41, 5.74) is -0.413. The topological polar surface area (TPSA) is 59.4 Å². The molecule has 2 aromatic rings. The average Bonchev–Trinajstić information content (AvgIpc) is 2.34. The van der Waals surface area contributed by atoms with Crippen LogP contribution in [0.4, 0.5) is 8.78 Å². The predicted molar refractivity (Wildman–Crippen MR) is 65.3 cm³/mol. The maximum Gasteiger partial charge on any atom is 0.339 e. The van der Waals surface area contributed by atoms with Crippen molar-refractivity contribution in [2.45, 2.75) is 0 Å². The molecule has 0 radical (unpaired) electrons. The summed E-state index contributed by atoms with van der Waals surface area (Å²) in [4.78, 5) is 14.6. The molecule has 0 amide bonds. The number of nitrogens with zero attached hydrogens (tertiary/aromatic N) is 1. The Morgan fingerprint density at radius 3 is 2.68 bits per heavy atom. The highest BCUT2D eigenvalue weighted by Crippen LogP contribution is 2.27. The summed E-state index contributed by atoms with van der Waals surface area (Å²) < 4.78 is 31.9. The number of aromatic nitrogens is 1. The van der Waals surface area contributed by atoms with E-state index < -0.39 is 29.0 Å². The number of rotatable bonds is 3. The second-order valence-corrected chi connectivity index (χ2v) is 4.40. The summed E-state index contributed by atoms with van der Waals surface area (Å²) in [5, 5.41) is 8.91. The van der Waals surface area contributed by atoms with Crippen LogP contribution in [0, 0.1) is 11.6 Å². The third-order valence-electron chi connectivity index (χ3n) is 2.15. The molecule has 1 heterocycles. The van der Waals surface area contributed by atoms with Crippen molar-refractivity contribution in [1.82, 2.24) is 4.98 Å². The summed E-state index contributed by atoms with van der Waals surface area (Å²) in [5.74, 6) is -3.46. The number of benzene rings is 1. The number of carboxylic acids is 1. The number of hydrogen-bond acceptors (Lipinski definition) is 3. The molecule has 0 spiro atoms. The molecule has 0 bridgehead atoms. The normalized spacial score (nSPS) is 10.3.